The molecule has 0 atom stereocenters. The van der Waals surface area contributed by atoms with E-state index in [0.29, 0.717) is 24.0 Å². The minimum absolute atomic E-state index is 0.323. The smallest absolute Gasteiger partial charge is 0.320 e. The van der Waals surface area contributed by atoms with E-state index >= 15 is 0 Å². The Morgan fingerprint density at radius 3 is 2.41 bits per heavy atom. The molecule has 0 aliphatic rings. The van der Waals surface area contributed by atoms with Crippen molar-refractivity contribution in [3.63, 3.8) is 0 Å². The van der Waals surface area contributed by atoms with E-state index in [2.05, 4.69) is 38.6 Å². The molecule has 0 spiro atoms. The molecular formula is C23H33N5O. The summed E-state index contributed by atoms with van der Waals surface area (Å²) in [5.41, 5.74) is 8.72. The number of unbranched alkanes of at least 4 members (excludes halogenated alkanes) is 7. The predicted octanol–water partition coefficient (Wildman–Crippen LogP) is 5.17. The minimum Gasteiger partial charge on any atom is -0.463 e. The maximum absolute atomic E-state index is 6.08. The van der Waals surface area contributed by atoms with Gasteiger partial charge in [0.15, 0.2) is 11.5 Å². The van der Waals surface area contributed by atoms with Gasteiger partial charge < -0.3 is 15.0 Å². The number of nitrogen functional groups attached to an aromatic ring is 1. The fourth-order valence-corrected chi connectivity index (χ4v) is 3.49. The molecule has 0 aliphatic carbocycles. The van der Waals surface area contributed by atoms with Gasteiger partial charge in [0, 0.05) is 13.0 Å². The molecule has 29 heavy (non-hydrogen) atoms. The maximum Gasteiger partial charge on any atom is 0.320 e. The molecule has 1 aromatic carbocycles. The number of aryl methyl sites for hydroxylation is 1. The number of hydrogen-bond acceptors (Lipinski definition) is 5. The summed E-state index contributed by atoms with van der Waals surface area (Å²) < 4.78 is 7.83. The van der Waals surface area contributed by atoms with Crippen LogP contribution in [-0.4, -0.2) is 26.1 Å². The summed E-state index contributed by atoms with van der Waals surface area (Å²) in [6.07, 6.45) is 13.0. The molecule has 2 heterocycles. The van der Waals surface area contributed by atoms with Crippen LogP contribution in [0.1, 0.15) is 63.9 Å². The monoisotopic (exact) mass is 395 g/mol. The summed E-state index contributed by atoms with van der Waals surface area (Å²) >= 11 is 0. The van der Waals surface area contributed by atoms with Crippen molar-refractivity contribution < 1.29 is 4.74 Å². The number of fused-ring (bicyclic) bond motifs is 1. The zero-order valence-corrected chi connectivity index (χ0v) is 17.5. The van der Waals surface area contributed by atoms with Crippen molar-refractivity contribution in [3.8, 4) is 6.01 Å². The molecule has 0 unspecified atom stereocenters. The fraction of sp³-hybridized carbons (Fsp3) is 0.522. The highest BCUT2D eigenvalue weighted by Gasteiger charge is 2.12. The van der Waals surface area contributed by atoms with E-state index in [-0.39, 0.29) is 0 Å². The number of rotatable bonds is 13. The third kappa shape index (κ3) is 6.44. The van der Waals surface area contributed by atoms with Crippen LogP contribution in [-0.2, 0) is 13.0 Å². The summed E-state index contributed by atoms with van der Waals surface area (Å²) in [4.78, 5) is 13.2. The van der Waals surface area contributed by atoms with Gasteiger partial charge in [0.25, 0.3) is 0 Å². The van der Waals surface area contributed by atoms with E-state index in [4.69, 9.17) is 10.5 Å². The third-order valence-electron chi connectivity index (χ3n) is 5.19. The number of ether oxygens (including phenoxy) is 1. The molecule has 156 valence electrons. The van der Waals surface area contributed by atoms with Crippen molar-refractivity contribution in [3.05, 3.63) is 42.2 Å². The molecule has 0 amide bonds. The summed E-state index contributed by atoms with van der Waals surface area (Å²) in [5, 5.41) is 0. The van der Waals surface area contributed by atoms with E-state index in [9.17, 15) is 0 Å². The second-order valence-electron chi connectivity index (χ2n) is 7.56. The highest BCUT2D eigenvalue weighted by molar-refractivity contribution is 5.81. The first kappa shape index (κ1) is 21.1. The molecule has 3 rings (SSSR count). The number of imidazole rings is 1. The van der Waals surface area contributed by atoms with E-state index in [0.717, 1.165) is 25.0 Å². The van der Waals surface area contributed by atoms with Gasteiger partial charge in [0.05, 0.1) is 12.9 Å². The largest absolute Gasteiger partial charge is 0.463 e. The van der Waals surface area contributed by atoms with Crippen LogP contribution in [0.15, 0.2) is 36.7 Å². The fourth-order valence-electron chi connectivity index (χ4n) is 3.49. The van der Waals surface area contributed by atoms with Gasteiger partial charge in [0.2, 0.25) is 0 Å². The molecule has 0 saturated heterocycles. The molecule has 0 saturated carbocycles. The average molecular weight is 396 g/mol. The van der Waals surface area contributed by atoms with Crippen LogP contribution < -0.4 is 10.5 Å². The SMILES string of the molecule is CCCCCCCCCCn1cnc2c(N)nc(OCCc3ccccc3)nc21. The Morgan fingerprint density at radius 1 is 0.931 bits per heavy atom. The molecule has 2 N–H and O–H groups in total. The van der Waals surface area contributed by atoms with Crippen LogP contribution in [0.3, 0.4) is 0 Å². The van der Waals surface area contributed by atoms with Crippen molar-refractivity contribution in [2.24, 2.45) is 0 Å². The van der Waals surface area contributed by atoms with Gasteiger partial charge in [-0.05, 0) is 12.0 Å². The molecule has 2 aromatic heterocycles. The number of anilines is 1. The number of nitrogens with two attached hydrogens (primary N) is 1. The number of nitrogens with zero attached hydrogens (tertiary/aromatic N) is 4. The molecule has 0 bridgehead atoms. The Kier molecular flexibility index (Phi) is 8.28. The molecular weight excluding hydrogens is 362 g/mol. The lowest BCUT2D eigenvalue weighted by molar-refractivity contribution is 0.297. The standard InChI is InChI=1S/C23H33N5O/c1-2-3-4-5-6-7-8-12-16-28-18-25-20-21(24)26-23(27-22(20)28)29-17-15-19-13-10-9-11-14-19/h9-11,13-14,18H,2-8,12,15-17H2,1H3,(H2,24,26,27). The predicted molar refractivity (Wildman–Crippen MR) is 118 cm³/mol. The summed E-state index contributed by atoms with van der Waals surface area (Å²) in [6.45, 7) is 3.66. The quantitative estimate of drug-likeness (QED) is 0.404. The topological polar surface area (TPSA) is 78.9 Å². The highest BCUT2D eigenvalue weighted by atomic mass is 16.5. The first-order valence-corrected chi connectivity index (χ1v) is 10.9. The average Bonchev–Trinajstić information content (AvgIpc) is 3.14. The van der Waals surface area contributed by atoms with Crippen molar-refractivity contribution >= 4 is 17.0 Å². The summed E-state index contributed by atoms with van der Waals surface area (Å²) in [7, 11) is 0. The zero-order chi connectivity index (χ0) is 20.3. The Balaban J connectivity index is 1.50. The molecule has 6 nitrogen and oxygen atoms in total. The van der Waals surface area contributed by atoms with E-state index in [1.54, 1.807) is 0 Å². The lowest BCUT2D eigenvalue weighted by Crippen LogP contribution is -2.07. The van der Waals surface area contributed by atoms with Crippen LogP contribution in [0.25, 0.3) is 11.2 Å². The van der Waals surface area contributed by atoms with Crippen LogP contribution in [0.4, 0.5) is 5.82 Å². The van der Waals surface area contributed by atoms with Gasteiger partial charge in [-0.3, -0.25) is 0 Å². The normalized spacial score (nSPS) is 11.2. The number of aromatic nitrogens is 4. The van der Waals surface area contributed by atoms with Gasteiger partial charge in [0.1, 0.15) is 5.52 Å². The van der Waals surface area contributed by atoms with Crippen molar-refractivity contribution in [2.75, 3.05) is 12.3 Å². The van der Waals surface area contributed by atoms with E-state index < -0.39 is 0 Å². The van der Waals surface area contributed by atoms with Crippen LogP contribution in [0.2, 0.25) is 0 Å². The Morgan fingerprint density at radius 2 is 1.66 bits per heavy atom. The van der Waals surface area contributed by atoms with Crippen molar-refractivity contribution in [2.45, 2.75) is 71.3 Å². The number of hydrogen-bond donors (Lipinski definition) is 1. The van der Waals surface area contributed by atoms with E-state index in [1.807, 2.05) is 24.5 Å². The van der Waals surface area contributed by atoms with Crippen LogP contribution >= 0.6 is 0 Å². The summed E-state index contributed by atoms with van der Waals surface area (Å²) in [6, 6.07) is 10.6. The molecule has 0 fully saturated rings. The maximum atomic E-state index is 6.08. The Hall–Kier alpha value is -2.63. The minimum atomic E-state index is 0.323. The van der Waals surface area contributed by atoms with Crippen molar-refractivity contribution in [1.82, 2.24) is 19.5 Å². The third-order valence-corrected chi connectivity index (χ3v) is 5.19. The second-order valence-corrected chi connectivity index (χ2v) is 7.56. The van der Waals surface area contributed by atoms with Crippen LogP contribution in [0, 0.1) is 0 Å². The first-order chi connectivity index (χ1) is 14.3. The van der Waals surface area contributed by atoms with Gasteiger partial charge in [-0.25, -0.2) is 4.98 Å². The lowest BCUT2D eigenvalue weighted by Gasteiger charge is -2.07. The van der Waals surface area contributed by atoms with Crippen molar-refractivity contribution in [1.29, 1.82) is 0 Å². The van der Waals surface area contributed by atoms with Gasteiger partial charge in [-0.2, -0.15) is 9.97 Å². The molecule has 3 aromatic rings. The first-order valence-electron chi connectivity index (χ1n) is 10.9. The summed E-state index contributed by atoms with van der Waals surface area (Å²) in [5.74, 6) is 0.374. The molecule has 6 heteroatoms. The Bertz CT molecular complexity index is 862. The lowest BCUT2D eigenvalue weighted by atomic mass is 10.1. The Labute approximate surface area is 173 Å². The zero-order valence-electron chi connectivity index (χ0n) is 17.5. The second kappa shape index (κ2) is 11.4. The highest BCUT2D eigenvalue weighted by Crippen LogP contribution is 2.20. The number of benzene rings is 1. The molecule has 0 radical (unpaired) electrons. The molecule has 0 aliphatic heterocycles. The van der Waals surface area contributed by atoms with Gasteiger partial charge >= 0.3 is 6.01 Å². The van der Waals surface area contributed by atoms with Crippen LogP contribution in [0.5, 0.6) is 6.01 Å². The van der Waals surface area contributed by atoms with Gasteiger partial charge in [-0.15, -0.1) is 0 Å². The van der Waals surface area contributed by atoms with Gasteiger partial charge in [-0.1, -0.05) is 82.2 Å². The van der Waals surface area contributed by atoms with E-state index in [1.165, 1.54) is 50.5 Å².